The smallest absolute Gasteiger partial charge is 0.294 e. The molecule has 1 fully saturated rings. The highest BCUT2D eigenvalue weighted by Crippen LogP contribution is 2.36. The van der Waals surface area contributed by atoms with Gasteiger partial charge < -0.3 is 23.6 Å². The van der Waals surface area contributed by atoms with E-state index in [2.05, 4.69) is 9.88 Å². The Kier molecular flexibility index (Phi) is 6.32. The molecule has 0 atom stereocenters. The Bertz CT molecular complexity index is 1470. The lowest BCUT2D eigenvalue weighted by Crippen LogP contribution is -2.39. The monoisotopic (exact) mass is 474 g/mol. The third-order valence-corrected chi connectivity index (χ3v) is 6.68. The van der Waals surface area contributed by atoms with E-state index in [-0.39, 0.29) is 16.9 Å². The lowest BCUT2D eigenvalue weighted by Gasteiger charge is -2.26. The lowest BCUT2D eigenvalue weighted by atomic mass is 10.0. The van der Waals surface area contributed by atoms with Crippen LogP contribution in [0.15, 0.2) is 58.5 Å². The number of aromatic amines is 1. The van der Waals surface area contributed by atoms with E-state index in [0.29, 0.717) is 36.6 Å². The van der Waals surface area contributed by atoms with Gasteiger partial charge in [-0.3, -0.25) is 14.5 Å². The van der Waals surface area contributed by atoms with E-state index in [0.717, 1.165) is 41.7 Å². The second-order valence-corrected chi connectivity index (χ2v) is 9.06. The first kappa shape index (κ1) is 23.1. The molecular formula is C27H30N4O4. The zero-order valence-electron chi connectivity index (χ0n) is 20.3. The van der Waals surface area contributed by atoms with Crippen LogP contribution < -0.4 is 15.9 Å². The largest absolute Gasteiger partial charge is 0.450 e. The second kappa shape index (κ2) is 9.56. The van der Waals surface area contributed by atoms with Crippen LogP contribution in [0.1, 0.15) is 11.1 Å². The summed E-state index contributed by atoms with van der Waals surface area (Å²) < 4.78 is 15.1. The summed E-state index contributed by atoms with van der Waals surface area (Å²) in [6.45, 7) is 8.41. The quantitative estimate of drug-likeness (QED) is 0.463. The highest BCUT2D eigenvalue weighted by atomic mass is 16.5. The predicted molar refractivity (Wildman–Crippen MR) is 136 cm³/mol. The first-order chi connectivity index (χ1) is 16.9. The SMILES string of the molecule is Cc1cccc(C)c1Oc1c(-c2cn(C)c(=O)c3[nH]ccc23)ccn(CCN2CCOCC2)c1=O. The molecule has 1 aliphatic heterocycles. The molecule has 0 radical (unpaired) electrons. The summed E-state index contributed by atoms with van der Waals surface area (Å²) in [5.74, 6) is 0.930. The maximum Gasteiger partial charge on any atom is 0.294 e. The molecule has 182 valence electrons. The summed E-state index contributed by atoms with van der Waals surface area (Å²) in [6.07, 6.45) is 5.33. The molecule has 0 amide bonds. The summed E-state index contributed by atoms with van der Waals surface area (Å²) in [4.78, 5) is 31.8. The van der Waals surface area contributed by atoms with Gasteiger partial charge in [0.05, 0.1) is 13.2 Å². The van der Waals surface area contributed by atoms with Gasteiger partial charge in [0.2, 0.25) is 0 Å². The van der Waals surface area contributed by atoms with Crippen molar-refractivity contribution < 1.29 is 9.47 Å². The van der Waals surface area contributed by atoms with Crippen LogP contribution in [0.2, 0.25) is 0 Å². The third kappa shape index (κ3) is 4.42. The van der Waals surface area contributed by atoms with Crippen LogP contribution in [-0.4, -0.2) is 51.9 Å². The second-order valence-electron chi connectivity index (χ2n) is 9.06. The third-order valence-electron chi connectivity index (χ3n) is 6.68. The summed E-state index contributed by atoms with van der Waals surface area (Å²) in [6, 6.07) is 9.69. The molecule has 4 aromatic rings. The van der Waals surface area contributed by atoms with Crippen LogP contribution in [-0.2, 0) is 18.3 Å². The molecule has 0 unspecified atom stereocenters. The van der Waals surface area contributed by atoms with E-state index in [1.807, 2.05) is 50.4 Å². The van der Waals surface area contributed by atoms with E-state index in [1.165, 1.54) is 4.57 Å². The van der Waals surface area contributed by atoms with Gasteiger partial charge in [0.15, 0.2) is 5.75 Å². The average Bonchev–Trinajstić information content (AvgIpc) is 3.35. The number of aromatic nitrogens is 3. The Morgan fingerprint density at radius 1 is 0.943 bits per heavy atom. The van der Waals surface area contributed by atoms with E-state index < -0.39 is 0 Å². The molecule has 8 nitrogen and oxygen atoms in total. The number of ether oxygens (including phenoxy) is 2. The molecule has 0 bridgehead atoms. The van der Waals surface area contributed by atoms with Gasteiger partial charge >= 0.3 is 0 Å². The zero-order valence-corrected chi connectivity index (χ0v) is 20.3. The van der Waals surface area contributed by atoms with Crippen molar-refractivity contribution >= 4 is 10.9 Å². The van der Waals surface area contributed by atoms with Gasteiger partial charge in [-0.05, 0) is 37.1 Å². The highest BCUT2D eigenvalue weighted by molar-refractivity contribution is 5.95. The minimum atomic E-state index is -0.198. The van der Waals surface area contributed by atoms with Gasteiger partial charge in [0.1, 0.15) is 11.3 Å². The van der Waals surface area contributed by atoms with Crippen molar-refractivity contribution in [3.63, 3.8) is 0 Å². The van der Waals surface area contributed by atoms with E-state index in [1.54, 1.807) is 24.0 Å². The maximum absolute atomic E-state index is 13.8. The summed E-state index contributed by atoms with van der Waals surface area (Å²) in [7, 11) is 1.71. The number of hydrogen-bond donors (Lipinski definition) is 1. The molecule has 8 heteroatoms. The van der Waals surface area contributed by atoms with Gasteiger partial charge in [0.25, 0.3) is 11.1 Å². The highest BCUT2D eigenvalue weighted by Gasteiger charge is 2.20. The average molecular weight is 475 g/mol. The fourth-order valence-electron chi connectivity index (χ4n) is 4.66. The molecule has 4 heterocycles. The van der Waals surface area contributed by atoms with Crippen molar-refractivity contribution in [1.29, 1.82) is 0 Å². The van der Waals surface area contributed by atoms with Gasteiger partial charge in [-0.15, -0.1) is 0 Å². The molecule has 0 spiro atoms. The Balaban J connectivity index is 1.64. The summed E-state index contributed by atoms with van der Waals surface area (Å²) in [5, 5.41) is 0.755. The number of pyridine rings is 2. The van der Waals surface area contributed by atoms with Crippen LogP contribution in [0.25, 0.3) is 22.0 Å². The number of rotatable bonds is 6. The molecular weight excluding hydrogens is 444 g/mol. The first-order valence-electron chi connectivity index (χ1n) is 11.9. The van der Waals surface area contributed by atoms with Crippen molar-refractivity contribution in [2.24, 2.45) is 7.05 Å². The summed E-state index contributed by atoms with van der Waals surface area (Å²) in [5.41, 5.74) is 3.50. The van der Waals surface area contributed by atoms with Crippen molar-refractivity contribution in [3.8, 4) is 22.6 Å². The number of nitrogens with zero attached hydrogens (tertiary/aromatic N) is 3. The molecule has 1 aliphatic rings. The standard InChI is InChI=1S/C27H30N4O4/c1-18-5-4-6-19(2)24(18)35-25-21(22-17-29(3)26(32)23-20(22)7-9-28-23)8-10-31(27(25)33)12-11-30-13-15-34-16-14-30/h4-10,17,28H,11-16H2,1-3H3. The van der Waals surface area contributed by atoms with Gasteiger partial charge in [0, 0.05) is 68.3 Å². The van der Waals surface area contributed by atoms with Gasteiger partial charge in [-0.25, -0.2) is 0 Å². The molecule has 0 aliphatic carbocycles. The van der Waals surface area contributed by atoms with Crippen LogP contribution in [0.3, 0.4) is 0 Å². The number of nitrogens with one attached hydrogen (secondary N) is 1. The number of hydrogen-bond acceptors (Lipinski definition) is 5. The zero-order chi connectivity index (χ0) is 24.5. The number of para-hydroxylation sites is 1. The minimum absolute atomic E-state index is 0.121. The van der Waals surface area contributed by atoms with Gasteiger partial charge in [-0.1, -0.05) is 18.2 Å². The van der Waals surface area contributed by atoms with E-state index in [4.69, 9.17) is 9.47 Å². The van der Waals surface area contributed by atoms with Crippen LogP contribution in [0.5, 0.6) is 11.5 Å². The normalized spacial score (nSPS) is 14.5. The number of H-pyrrole nitrogens is 1. The molecule has 35 heavy (non-hydrogen) atoms. The van der Waals surface area contributed by atoms with Crippen LogP contribution >= 0.6 is 0 Å². The van der Waals surface area contributed by atoms with Crippen molar-refractivity contribution in [2.75, 3.05) is 32.8 Å². The van der Waals surface area contributed by atoms with Crippen LogP contribution in [0.4, 0.5) is 0 Å². The Morgan fingerprint density at radius 2 is 1.69 bits per heavy atom. The minimum Gasteiger partial charge on any atom is -0.450 e. The summed E-state index contributed by atoms with van der Waals surface area (Å²) >= 11 is 0. The van der Waals surface area contributed by atoms with Crippen molar-refractivity contribution in [2.45, 2.75) is 20.4 Å². The Labute approximate surface area is 203 Å². The van der Waals surface area contributed by atoms with Crippen molar-refractivity contribution in [1.82, 2.24) is 19.0 Å². The number of benzene rings is 1. The molecule has 1 N–H and O–H groups in total. The number of morpholine rings is 1. The molecule has 3 aromatic heterocycles. The van der Waals surface area contributed by atoms with E-state index >= 15 is 0 Å². The van der Waals surface area contributed by atoms with Gasteiger partial charge in [-0.2, -0.15) is 0 Å². The van der Waals surface area contributed by atoms with Crippen LogP contribution in [0, 0.1) is 13.8 Å². The molecule has 1 saturated heterocycles. The number of fused-ring (bicyclic) bond motifs is 1. The predicted octanol–water partition coefficient (Wildman–Crippen LogP) is 3.44. The Hall–Kier alpha value is -3.62. The fraction of sp³-hybridized carbons (Fsp3) is 0.333. The Morgan fingerprint density at radius 3 is 2.43 bits per heavy atom. The molecule has 5 rings (SSSR count). The maximum atomic E-state index is 13.8. The lowest BCUT2D eigenvalue weighted by molar-refractivity contribution is 0.0362. The number of aryl methyl sites for hydroxylation is 3. The van der Waals surface area contributed by atoms with E-state index in [9.17, 15) is 9.59 Å². The van der Waals surface area contributed by atoms with Crippen molar-refractivity contribution in [3.05, 3.63) is 80.8 Å². The molecule has 1 aromatic carbocycles. The first-order valence-corrected chi connectivity index (χ1v) is 11.9. The topological polar surface area (TPSA) is 81.5 Å². The molecule has 0 saturated carbocycles. The fourth-order valence-corrected chi connectivity index (χ4v) is 4.66.